The van der Waals surface area contributed by atoms with Crippen LogP contribution in [0.25, 0.3) is 10.9 Å². The van der Waals surface area contributed by atoms with Crippen molar-refractivity contribution >= 4 is 20.9 Å². The van der Waals surface area contributed by atoms with Crippen LogP contribution < -0.4 is 5.56 Å². The first-order chi connectivity index (χ1) is 13.4. The van der Waals surface area contributed by atoms with E-state index in [1.807, 2.05) is 19.9 Å². The van der Waals surface area contributed by atoms with E-state index < -0.39 is 10.0 Å². The van der Waals surface area contributed by atoms with Gasteiger partial charge >= 0.3 is 0 Å². The lowest BCUT2D eigenvalue weighted by atomic mass is 10.1. The first-order valence-corrected chi connectivity index (χ1v) is 10.8. The third-order valence-corrected chi connectivity index (χ3v) is 6.97. The van der Waals surface area contributed by atoms with Crippen LogP contribution in [0.2, 0.25) is 0 Å². The molecule has 1 aliphatic rings. The zero-order chi connectivity index (χ0) is 19.9. The summed E-state index contributed by atoms with van der Waals surface area (Å²) in [4.78, 5) is 21.3. The van der Waals surface area contributed by atoms with Crippen LogP contribution in [0.15, 0.2) is 52.9 Å². The topological polar surface area (TPSA) is 90.1 Å². The molecule has 4 rings (SSSR count). The molecule has 3 heterocycles. The van der Waals surface area contributed by atoms with Gasteiger partial charge in [-0.05, 0) is 38.8 Å². The van der Waals surface area contributed by atoms with E-state index in [9.17, 15) is 13.2 Å². The largest absolute Gasteiger partial charge is 0.334 e. The van der Waals surface area contributed by atoms with Crippen LogP contribution in [0.1, 0.15) is 38.8 Å². The van der Waals surface area contributed by atoms with Crippen LogP contribution in [-0.4, -0.2) is 44.9 Å². The molecular weight excluding hydrogens is 378 g/mol. The number of hydrogen-bond donors (Lipinski definition) is 0. The molecule has 1 atom stereocenters. The van der Waals surface area contributed by atoms with Gasteiger partial charge in [0.05, 0.1) is 29.6 Å². The predicted octanol–water partition coefficient (Wildman–Crippen LogP) is 2.20. The summed E-state index contributed by atoms with van der Waals surface area (Å²) >= 11 is 0. The number of imidazole rings is 1. The van der Waals surface area contributed by atoms with Crippen molar-refractivity contribution in [3.05, 3.63) is 53.5 Å². The molecule has 0 aliphatic carbocycles. The second-order valence-corrected chi connectivity index (χ2v) is 9.27. The van der Waals surface area contributed by atoms with Gasteiger partial charge in [-0.15, -0.1) is 0 Å². The molecule has 8 nitrogen and oxygen atoms in total. The van der Waals surface area contributed by atoms with Crippen molar-refractivity contribution < 1.29 is 8.42 Å². The molecule has 2 aromatic heterocycles. The van der Waals surface area contributed by atoms with Crippen molar-refractivity contribution in [2.45, 2.75) is 43.8 Å². The van der Waals surface area contributed by atoms with E-state index in [1.54, 1.807) is 33.5 Å². The van der Waals surface area contributed by atoms with Crippen molar-refractivity contribution in [3.8, 4) is 0 Å². The highest BCUT2D eigenvalue weighted by atomic mass is 32.2. The molecule has 0 radical (unpaired) electrons. The van der Waals surface area contributed by atoms with Crippen molar-refractivity contribution in [1.82, 2.24) is 23.4 Å². The normalized spacial score (nSPS) is 18.8. The number of hydrogen-bond acceptors (Lipinski definition) is 5. The minimum absolute atomic E-state index is 0.0471. The summed E-state index contributed by atoms with van der Waals surface area (Å²) in [6.45, 7) is 4.59. The summed E-state index contributed by atoms with van der Waals surface area (Å²) in [5.74, 6) is 0. The Kier molecular flexibility index (Phi) is 4.80. The van der Waals surface area contributed by atoms with E-state index in [1.165, 1.54) is 17.0 Å². The van der Waals surface area contributed by atoms with E-state index >= 15 is 0 Å². The van der Waals surface area contributed by atoms with E-state index in [-0.39, 0.29) is 29.2 Å². The van der Waals surface area contributed by atoms with Crippen LogP contribution in [0.5, 0.6) is 0 Å². The molecule has 1 saturated heterocycles. The van der Waals surface area contributed by atoms with Crippen molar-refractivity contribution in [2.24, 2.45) is 0 Å². The summed E-state index contributed by atoms with van der Waals surface area (Å²) in [6, 6.07) is 7.07. The minimum Gasteiger partial charge on any atom is -0.334 e. The third kappa shape index (κ3) is 3.24. The van der Waals surface area contributed by atoms with Crippen LogP contribution in [-0.2, 0) is 10.0 Å². The maximum Gasteiger partial charge on any atom is 0.262 e. The number of rotatable bonds is 4. The van der Waals surface area contributed by atoms with Gasteiger partial charge in [0.15, 0.2) is 5.03 Å². The van der Waals surface area contributed by atoms with Crippen LogP contribution in [0, 0.1) is 0 Å². The molecule has 0 N–H and O–H groups in total. The number of sulfonamides is 1. The Hall–Kier alpha value is -2.52. The average molecular weight is 401 g/mol. The fraction of sp³-hybridized carbons (Fsp3) is 0.421. The molecule has 9 heteroatoms. The van der Waals surface area contributed by atoms with E-state index in [4.69, 9.17) is 0 Å². The number of fused-ring (bicyclic) bond motifs is 1. The zero-order valence-corrected chi connectivity index (χ0v) is 16.7. The maximum atomic E-state index is 13.0. The van der Waals surface area contributed by atoms with Crippen molar-refractivity contribution in [1.29, 1.82) is 0 Å². The Labute approximate surface area is 163 Å². The smallest absolute Gasteiger partial charge is 0.262 e. The van der Waals surface area contributed by atoms with E-state index in [2.05, 4.69) is 9.97 Å². The van der Waals surface area contributed by atoms with Gasteiger partial charge < -0.3 is 4.57 Å². The fourth-order valence-corrected chi connectivity index (χ4v) is 5.01. The Morgan fingerprint density at radius 3 is 2.68 bits per heavy atom. The minimum atomic E-state index is -3.71. The van der Waals surface area contributed by atoms with Crippen LogP contribution >= 0.6 is 0 Å². The number of piperidine rings is 1. The van der Waals surface area contributed by atoms with Crippen LogP contribution in [0.4, 0.5) is 0 Å². The molecular formula is C19H23N5O3S. The van der Waals surface area contributed by atoms with Crippen LogP contribution in [0.3, 0.4) is 0 Å². The molecule has 0 bridgehead atoms. The Morgan fingerprint density at radius 1 is 1.14 bits per heavy atom. The van der Waals surface area contributed by atoms with Gasteiger partial charge in [0.1, 0.15) is 0 Å². The fourth-order valence-electron chi connectivity index (χ4n) is 3.57. The Morgan fingerprint density at radius 2 is 1.93 bits per heavy atom. The van der Waals surface area contributed by atoms with Gasteiger partial charge in [-0.3, -0.25) is 9.36 Å². The number of benzene rings is 1. The molecule has 0 saturated carbocycles. The second kappa shape index (κ2) is 7.14. The van der Waals surface area contributed by atoms with Gasteiger partial charge in [0.25, 0.3) is 15.6 Å². The van der Waals surface area contributed by atoms with Gasteiger partial charge in [-0.1, -0.05) is 12.1 Å². The summed E-state index contributed by atoms with van der Waals surface area (Å²) in [6.07, 6.45) is 6.03. The molecule has 0 amide bonds. The van der Waals surface area contributed by atoms with Gasteiger partial charge in [-0.2, -0.15) is 4.31 Å². The molecule has 1 aromatic carbocycles. The summed E-state index contributed by atoms with van der Waals surface area (Å²) in [7, 11) is -3.71. The maximum absolute atomic E-state index is 13.0. The lowest BCUT2D eigenvalue weighted by Crippen LogP contribution is -2.43. The molecule has 148 valence electrons. The molecule has 3 aromatic rings. The first-order valence-electron chi connectivity index (χ1n) is 9.37. The Bertz CT molecular complexity index is 1170. The molecule has 1 aliphatic heterocycles. The average Bonchev–Trinajstić information content (AvgIpc) is 3.20. The Balaban J connectivity index is 1.64. The quantitative estimate of drug-likeness (QED) is 0.668. The van der Waals surface area contributed by atoms with Gasteiger partial charge in [0.2, 0.25) is 0 Å². The third-order valence-electron chi connectivity index (χ3n) is 5.22. The summed E-state index contributed by atoms with van der Waals surface area (Å²) < 4.78 is 30.9. The number of aromatic nitrogens is 4. The molecule has 1 fully saturated rings. The standard InChI is InChI=1S/C19H23N5O3S/c1-14(2)22-11-18(21-12-22)28(26,27)23-9-5-6-15(10-23)24-13-20-17-8-4-3-7-16(17)19(24)25/h3-4,7-8,11-15H,5-6,9-10H2,1-2H3/t15-/m1/s1. The predicted molar refractivity (Wildman–Crippen MR) is 106 cm³/mol. The zero-order valence-electron chi connectivity index (χ0n) is 15.9. The van der Waals surface area contributed by atoms with E-state index in [0.717, 1.165) is 6.42 Å². The van der Waals surface area contributed by atoms with Gasteiger partial charge in [-0.25, -0.2) is 18.4 Å². The molecule has 28 heavy (non-hydrogen) atoms. The van der Waals surface area contributed by atoms with Crippen molar-refractivity contribution in [2.75, 3.05) is 13.1 Å². The highest BCUT2D eigenvalue weighted by Gasteiger charge is 2.33. The van der Waals surface area contributed by atoms with E-state index in [0.29, 0.717) is 23.9 Å². The first kappa shape index (κ1) is 18.8. The highest BCUT2D eigenvalue weighted by Crippen LogP contribution is 2.26. The SMILES string of the molecule is CC(C)n1cnc(S(=O)(=O)N2CCC[C@@H](n3cnc4ccccc4c3=O)C2)c1. The lowest BCUT2D eigenvalue weighted by molar-refractivity contribution is 0.262. The van der Waals surface area contributed by atoms with Crippen molar-refractivity contribution in [3.63, 3.8) is 0 Å². The summed E-state index contributed by atoms with van der Waals surface area (Å²) in [5, 5.41) is 0.589. The molecule has 0 unspecified atom stereocenters. The highest BCUT2D eigenvalue weighted by molar-refractivity contribution is 7.89. The number of para-hydroxylation sites is 1. The summed E-state index contributed by atoms with van der Waals surface area (Å²) in [5.41, 5.74) is 0.502. The molecule has 0 spiro atoms. The van der Waals surface area contributed by atoms with Gasteiger partial charge in [0, 0.05) is 25.3 Å². The monoisotopic (exact) mass is 401 g/mol. The second-order valence-electron chi connectivity index (χ2n) is 7.39. The number of nitrogens with zero attached hydrogens (tertiary/aromatic N) is 5. The lowest BCUT2D eigenvalue weighted by Gasteiger charge is -2.32.